The Morgan fingerprint density at radius 2 is 1.73 bits per heavy atom. The predicted molar refractivity (Wildman–Crippen MR) is 87.2 cm³/mol. The summed E-state index contributed by atoms with van der Waals surface area (Å²) in [7, 11) is 0.0249. The lowest BCUT2D eigenvalue weighted by atomic mass is 10.1. The van der Waals surface area contributed by atoms with Crippen LogP contribution in [-0.2, 0) is 21.4 Å². The number of carbonyl (C=O) groups excluding carboxylic acids is 1. The largest absolute Gasteiger partial charge is 0.508 e. The van der Waals surface area contributed by atoms with Crippen molar-refractivity contribution in [2.45, 2.75) is 10.6 Å². The van der Waals surface area contributed by atoms with Crippen molar-refractivity contribution in [3.63, 3.8) is 0 Å². The van der Waals surface area contributed by atoms with Crippen molar-refractivity contribution in [2.75, 3.05) is 19.5 Å². The third-order valence-corrected chi connectivity index (χ3v) is 4.98. The van der Waals surface area contributed by atoms with Crippen LogP contribution in [0.2, 0.25) is 0 Å². The number of hydrogen-bond acceptors (Lipinski definition) is 4. The third-order valence-electron chi connectivity index (χ3n) is 3.14. The molecule has 0 spiro atoms. The van der Waals surface area contributed by atoms with Crippen LogP contribution in [0.15, 0.2) is 53.4 Å². The second kappa shape index (κ2) is 7.87. The Kier molecular flexibility index (Phi) is 5.86. The number of benzene rings is 2. The third kappa shape index (κ3) is 4.51. The second-order valence-corrected chi connectivity index (χ2v) is 6.87. The van der Waals surface area contributed by atoms with E-state index in [0.717, 1.165) is 11.3 Å². The maximum atomic E-state index is 11.6. The molecule has 0 saturated carbocycles. The zero-order valence-corrected chi connectivity index (χ0v) is 13.2. The fraction of sp³-hybridized carbons (Fsp3) is 0.235. The predicted octanol–water partition coefficient (Wildman–Crippen LogP) is 2.35. The first-order valence-corrected chi connectivity index (χ1v) is 8.69. The first kappa shape index (κ1) is 16.4. The molecule has 0 aromatic heterocycles. The van der Waals surface area contributed by atoms with Gasteiger partial charge < -0.3 is 14.9 Å². The summed E-state index contributed by atoms with van der Waals surface area (Å²) in [5.74, 6) is 0.720. The molecule has 0 aliphatic heterocycles. The van der Waals surface area contributed by atoms with E-state index in [4.69, 9.17) is 9.84 Å². The molecule has 1 atom stereocenters. The van der Waals surface area contributed by atoms with E-state index in [1.54, 1.807) is 24.3 Å². The van der Waals surface area contributed by atoms with Gasteiger partial charge in [0.15, 0.2) is 4.90 Å². The lowest BCUT2D eigenvalue weighted by molar-refractivity contribution is 0.0434. The molecular formula is C17H19O4S+. The average Bonchev–Trinajstić information content (AvgIpc) is 2.54. The number of aliphatic hydroxyl groups excluding tert-OH is 1. The van der Waals surface area contributed by atoms with Gasteiger partial charge in [0.05, 0.1) is 12.2 Å². The molecular weight excluding hydrogens is 300 g/mol. The van der Waals surface area contributed by atoms with E-state index < -0.39 is 5.97 Å². The summed E-state index contributed by atoms with van der Waals surface area (Å²) in [4.78, 5) is 12.8. The van der Waals surface area contributed by atoms with Crippen molar-refractivity contribution in [1.29, 1.82) is 0 Å². The summed E-state index contributed by atoms with van der Waals surface area (Å²) in [6.45, 7) is -0.158. The molecule has 0 aliphatic rings. The maximum Gasteiger partial charge on any atom is 0.338 e. The van der Waals surface area contributed by atoms with E-state index in [1.807, 2.05) is 24.3 Å². The van der Waals surface area contributed by atoms with E-state index in [-0.39, 0.29) is 29.9 Å². The normalized spacial score (nSPS) is 11.9. The van der Waals surface area contributed by atoms with Gasteiger partial charge in [-0.1, -0.05) is 12.1 Å². The monoisotopic (exact) mass is 319 g/mol. The highest BCUT2D eigenvalue weighted by molar-refractivity contribution is 7.95. The Bertz CT molecular complexity index is 608. The van der Waals surface area contributed by atoms with Crippen LogP contribution >= 0.6 is 0 Å². The minimum atomic E-state index is -0.422. The van der Waals surface area contributed by atoms with Gasteiger partial charge in [0.25, 0.3) is 0 Å². The highest BCUT2D eigenvalue weighted by atomic mass is 32.2. The first-order valence-electron chi connectivity index (χ1n) is 6.88. The summed E-state index contributed by atoms with van der Waals surface area (Å²) in [5.41, 5.74) is 1.62. The quantitative estimate of drug-likeness (QED) is 0.633. The highest BCUT2D eigenvalue weighted by Crippen LogP contribution is 2.20. The highest BCUT2D eigenvalue weighted by Gasteiger charge is 2.16. The van der Waals surface area contributed by atoms with Crippen LogP contribution < -0.4 is 0 Å². The molecule has 116 valence electrons. The molecule has 0 saturated heterocycles. The Labute approximate surface area is 132 Å². The molecule has 0 heterocycles. The molecule has 0 fully saturated rings. The van der Waals surface area contributed by atoms with Crippen LogP contribution in [0.3, 0.4) is 0 Å². The van der Waals surface area contributed by atoms with Crippen molar-refractivity contribution in [1.82, 2.24) is 0 Å². The van der Waals surface area contributed by atoms with Gasteiger partial charge in [0.1, 0.15) is 24.4 Å². The number of phenols is 1. The Hall–Kier alpha value is -1.98. The standard InChI is InChI=1S/C17H18O4S/c1-22(16-8-6-15(19)7-9-16)12-13-2-4-14(5-3-13)17(20)21-11-10-18/h2-9,18H,10-12H2,1H3/p+1. The molecule has 2 rings (SSSR count). The molecule has 0 amide bonds. The fourth-order valence-electron chi connectivity index (χ4n) is 1.97. The number of carbonyl (C=O) groups is 1. The molecule has 2 aromatic carbocycles. The zero-order valence-electron chi connectivity index (χ0n) is 12.4. The number of rotatable bonds is 6. The van der Waals surface area contributed by atoms with E-state index in [0.29, 0.717) is 5.56 Å². The van der Waals surface area contributed by atoms with Gasteiger partial charge in [-0.3, -0.25) is 0 Å². The van der Waals surface area contributed by atoms with Crippen LogP contribution in [0.5, 0.6) is 5.75 Å². The fourth-order valence-corrected chi connectivity index (χ4v) is 3.43. The topological polar surface area (TPSA) is 66.8 Å². The number of phenolic OH excluding ortho intramolecular Hbond substituents is 1. The van der Waals surface area contributed by atoms with Crippen molar-refractivity contribution in [3.8, 4) is 5.75 Å². The Balaban J connectivity index is 1.98. The SMILES string of the molecule is C[S+](Cc1ccc(C(=O)OCCO)cc1)c1ccc(O)cc1. The molecule has 0 bridgehead atoms. The van der Waals surface area contributed by atoms with Crippen LogP contribution in [0.1, 0.15) is 15.9 Å². The average molecular weight is 319 g/mol. The van der Waals surface area contributed by atoms with Crippen molar-refractivity contribution in [3.05, 3.63) is 59.7 Å². The van der Waals surface area contributed by atoms with Gasteiger partial charge in [-0.05, 0) is 36.4 Å². The van der Waals surface area contributed by atoms with Gasteiger partial charge in [0, 0.05) is 16.5 Å². The smallest absolute Gasteiger partial charge is 0.338 e. The van der Waals surface area contributed by atoms with Gasteiger partial charge in [-0.25, -0.2) is 4.79 Å². The lowest BCUT2D eigenvalue weighted by Crippen LogP contribution is -2.09. The molecule has 1 unspecified atom stereocenters. The second-order valence-electron chi connectivity index (χ2n) is 4.83. The number of aromatic hydroxyl groups is 1. The molecule has 2 N–H and O–H groups in total. The summed E-state index contributed by atoms with van der Waals surface area (Å²) >= 11 is 0. The minimum Gasteiger partial charge on any atom is -0.508 e. The van der Waals surface area contributed by atoms with Gasteiger partial charge in [0.2, 0.25) is 0 Å². The van der Waals surface area contributed by atoms with Gasteiger partial charge in [-0.15, -0.1) is 0 Å². The van der Waals surface area contributed by atoms with Crippen molar-refractivity contribution >= 4 is 16.9 Å². The summed E-state index contributed by atoms with van der Waals surface area (Å²) < 4.78 is 4.87. The molecule has 0 radical (unpaired) electrons. The van der Waals surface area contributed by atoms with E-state index >= 15 is 0 Å². The number of hydrogen-bond donors (Lipinski definition) is 2. The number of ether oxygens (including phenoxy) is 1. The molecule has 5 heteroatoms. The minimum absolute atomic E-state index is 0.0137. The summed E-state index contributed by atoms with van der Waals surface area (Å²) in [5, 5.41) is 18.0. The molecule has 22 heavy (non-hydrogen) atoms. The van der Waals surface area contributed by atoms with Crippen molar-refractivity contribution in [2.24, 2.45) is 0 Å². The number of esters is 1. The summed E-state index contributed by atoms with van der Waals surface area (Å²) in [6, 6.07) is 14.6. The van der Waals surface area contributed by atoms with Crippen LogP contribution in [0, 0.1) is 0 Å². The van der Waals surface area contributed by atoms with Crippen LogP contribution in [0.25, 0.3) is 0 Å². The van der Waals surface area contributed by atoms with Gasteiger partial charge in [-0.2, -0.15) is 0 Å². The lowest BCUT2D eigenvalue weighted by Gasteiger charge is -2.05. The summed E-state index contributed by atoms with van der Waals surface area (Å²) in [6.07, 6.45) is 2.15. The molecule has 0 aliphatic carbocycles. The molecule has 2 aromatic rings. The van der Waals surface area contributed by atoms with Crippen molar-refractivity contribution < 1.29 is 19.7 Å². The van der Waals surface area contributed by atoms with Gasteiger partial charge >= 0.3 is 5.97 Å². The van der Waals surface area contributed by atoms with E-state index in [9.17, 15) is 9.90 Å². The first-order chi connectivity index (χ1) is 10.6. The molecule has 4 nitrogen and oxygen atoms in total. The van der Waals surface area contributed by atoms with Crippen LogP contribution in [0.4, 0.5) is 0 Å². The van der Waals surface area contributed by atoms with E-state index in [1.165, 1.54) is 4.90 Å². The number of aliphatic hydroxyl groups is 1. The van der Waals surface area contributed by atoms with Crippen LogP contribution in [-0.4, -0.2) is 35.7 Å². The Morgan fingerprint density at radius 1 is 1.09 bits per heavy atom. The maximum absolute atomic E-state index is 11.6. The van der Waals surface area contributed by atoms with E-state index in [2.05, 4.69) is 6.26 Å². The Morgan fingerprint density at radius 3 is 2.32 bits per heavy atom. The zero-order chi connectivity index (χ0) is 15.9.